The van der Waals surface area contributed by atoms with Crippen LogP contribution in [0.2, 0.25) is 0 Å². The summed E-state index contributed by atoms with van der Waals surface area (Å²) in [5.74, 6) is 1.56. The predicted molar refractivity (Wildman–Crippen MR) is 83.2 cm³/mol. The van der Waals surface area contributed by atoms with Crippen LogP contribution in [0.25, 0.3) is 0 Å². The molecule has 1 heterocycles. The van der Waals surface area contributed by atoms with Gasteiger partial charge in [-0.2, -0.15) is 0 Å². The van der Waals surface area contributed by atoms with Crippen molar-refractivity contribution in [2.45, 2.75) is 38.1 Å². The van der Waals surface area contributed by atoms with Crippen LogP contribution in [0, 0.1) is 11.8 Å². The molecule has 124 valence electrons. The Morgan fingerprint density at radius 1 is 1.19 bits per heavy atom. The molecule has 0 bridgehead atoms. The molecule has 0 spiro atoms. The molecule has 2 atom stereocenters. The molecular weight excluding hydrogens is 290 g/mol. The maximum absolute atomic E-state index is 11.7. The third-order valence-corrected chi connectivity index (χ3v) is 6.27. The van der Waals surface area contributed by atoms with Crippen LogP contribution in [0.5, 0.6) is 0 Å². The molecule has 2 fully saturated rings. The number of methoxy groups -OCH3 is 1. The third kappa shape index (κ3) is 6.63. The van der Waals surface area contributed by atoms with Gasteiger partial charge in [0.15, 0.2) is 9.84 Å². The molecule has 1 saturated carbocycles. The quantitative estimate of drug-likeness (QED) is 0.580. The van der Waals surface area contributed by atoms with E-state index in [9.17, 15) is 8.42 Å². The van der Waals surface area contributed by atoms with Gasteiger partial charge in [-0.05, 0) is 50.5 Å². The first kappa shape index (κ1) is 17.2. The lowest BCUT2D eigenvalue weighted by atomic mass is 9.88. The number of sulfone groups is 1. The van der Waals surface area contributed by atoms with E-state index < -0.39 is 9.84 Å². The van der Waals surface area contributed by atoms with Crippen molar-refractivity contribution in [3.8, 4) is 0 Å². The summed E-state index contributed by atoms with van der Waals surface area (Å²) in [5.41, 5.74) is 0. The second kappa shape index (κ2) is 8.46. The zero-order valence-electron chi connectivity index (χ0n) is 13.1. The van der Waals surface area contributed by atoms with Crippen molar-refractivity contribution >= 4 is 9.84 Å². The molecule has 1 aliphatic carbocycles. The van der Waals surface area contributed by atoms with E-state index in [4.69, 9.17) is 9.47 Å². The molecule has 0 aromatic heterocycles. The van der Waals surface area contributed by atoms with Gasteiger partial charge in [0.25, 0.3) is 0 Å². The van der Waals surface area contributed by atoms with E-state index in [-0.39, 0.29) is 0 Å². The molecule has 1 aliphatic heterocycles. The number of nitrogens with one attached hydrogen (secondary N) is 1. The third-order valence-electron chi connectivity index (χ3n) is 4.48. The topological polar surface area (TPSA) is 64.6 Å². The summed E-state index contributed by atoms with van der Waals surface area (Å²) in [6, 6.07) is 0.684. The second-order valence-electron chi connectivity index (χ2n) is 6.35. The summed E-state index contributed by atoms with van der Waals surface area (Å²) in [6.07, 6.45) is 5.43. The van der Waals surface area contributed by atoms with Crippen LogP contribution in [-0.2, 0) is 19.3 Å². The summed E-state index contributed by atoms with van der Waals surface area (Å²) < 4.78 is 33.8. The summed E-state index contributed by atoms with van der Waals surface area (Å²) in [5, 5.41) is 3.57. The van der Waals surface area contributed by atoms with Crippen LogP contribution in [-0.4, -0.2) is 59.4 Å². The lowest BCUT2D eigenvalue weighted by Gasteiger charge is -2.23. The van der Waals surface area contributed by atoms with Gasteiger partial charge in [0.05, 0.1) is 24.7 Å². The average molecular weight is 319 g/mol. The Labute approximate surface area is 128 Å². The van der Waals surface area contributed by atoms with E-state index in [1.165, 1.54) is 12.8 Å². The number of ether oxygens (including phenoxy) is 2. The van der Waals surface area contributed by atoms with E-state index in [2.05, 4.69) is 5.32 Å². The first-order chi connectivity index (χ1) is 10.1. The molecule has 0 aromatic rings. The van der Waals surface area contributed by atoms with Gasteiger partial charge in [-0.25, -0.2) is 8.42 Å². The van der Waals surface area contributed by atoms with Gasteiger partial charge < -0.3 is 14.8 Å². The largest absolute Gasteiger partial charge is 0.382 e. The molecule has 21 heavy (non-hydrogen) atoms. The van der Waals surface area contributed by atoms with Crippen LogP contribution >= 0.6 is 0 Å². The van der Waals surface area contributed by atoms with E-state index in [0.29, 0.717) is 42.6 Å². The Hall–Kier alpha value is -0.170. The van der Waals surface area contributed by atoms with Crippen molar-refractivity contribution in [2.24, 2.45) is 11.8 Å². The maximum Gasteiger partial charge on any atom is 0.150 e. The minimum atomic E-state index is -2.78. The van der Waals surface area contributed by atoms with Gasteiger partial charge in [-0.3, -0.25) is 0 Å². The van der Waals surface area contributed by atoms with Crippen LogP contribution in [0.1, 0.15) is 32.1 Å². The minimum absolute atomic E-state index is 0.334. The molecule has 2 rings (SSSR count). The molecule has 0 aromatic carbocycles. The van der Waals surface area contributed by atoms with Crippen molar-refractivity contribution in [3.05, 3.63) is 0 Å². The fourth-order valence-corrected chi connectivity index (χ4v) is 4.92. The first-order valence-corrected chi connectivity index (χ1v) is 9.93. The SMILES string of the molecule is COCCOCCCC(CNC1CC1)C1CCS(=O)(=O)C1. The molecule has 2 unspecified atom stereocenters. The van der Waals surface area contributed by atoms with Gasteiger partial charge in [-0.1, -0.05) is 0 Å². The second-order valence-corrected chi connectivity index (χ2v) is 8.58. The fraction of sp³-hybridized carbons (Fsp3) is 1.00. The summed E-state index contributed by atoms with van der Waals surface area (Å²) in [6.45, 7) is 2.97. The van der Waals surface area contributed by atoms with Crippen LogP contribution < -0.4 is 5.32 Å². The smallest absolute Gasteiger partial charge is 0.150 e. The van der Waals surface area contributed by atoms with Crippen LogP contribution in [0.4, 0.5) is 0 Å². The molecular formula is C15H29NO4S. The Balaban J connectivity index is 1.70. The molecule has 5 nitrogen and oxygen atoms in total. The molecule has 1 saturated heterocycles. The highest BCUT2D eigenvalue weighted by molar-refractivity contribution is 7.91. The molecule has 0 radical (unpaired) electrons. The Morgan fingerprint density at radius 3 is 2.62 bits per heavy atom. The fourth-order valence-electron chi connectivity index (χ4n) is 3.00. The van der Waals surface area contributed by atoms with Crippen molar-refractivity contribution in [1.29, 1.82) is 0 Å². The van der Waals surface area contributed by atoms with Crippen molar-refractivity contribution in [2.75, 3.05) is 45.0 Å². The standard InChI is InChI=1S/C15H29NO4S/c1-19-8-9-20-7-2-3-13(11-16-15-4-5-15)14-6-10-21(17,18)12-14/h13-16H,2-12H2,1H3. The van der Waals surface area contributed by atoms with Gasteiger partial charge in [-0.15, -0.1) is 0 Å². The monoisotopic (exact) mass is 319 g/mol. The van der Waals surface area contributed by atoms with E-state index in [1.807, 2.05) is 0 Å². The first-order valence-electron chi connectivity index (χ1n) is 8.11. The normalized spacial score (nSPS) is 26.0. The number of hydrogen-bond donors (Lipinski definition) is 1. The van der Waals surface area contributed by atoms with Gasteiger partial charge >= 0.3 is 0 Å². The van der Waals surface area contributed by atoms with Gasteiger partial charge in [0, 0.05) is 19.8 Å². The summed E-state index contributed by atoms with van der Waals surface area (Å²) in [7, 11) is -1.11. The highest BCUT2D eigenvalue weighted by Gasteiger charge is 2.34. The highest BCUT2D eigenvalue weighted by atomic mass is 32.2. The van der Waals surface area contributed by atoms with E-state index in [1.54, 1.807) is 7.11 Å². The van der Waals surface area contributed by atoms with Crippen molar-refractivity contribution in [1.82, 2.24) is 5.32 Å². The number of hydrogen-bond acceptors (Lipinski definition) is 5. The zero-order valence-corrected chi connectivity index (χ0v) is 13.9. The molecule has 2 aliphatic rings. The van der Waals surface area contributed by atoms with Crippen molar-refractivity contribution < 1.29 is 17.9 Å². The lowest BCUT2D eigenvalue weighted by Crippen LogP contribution is -2.30. The van der Waals surface area contributed by atoms with E-state index >= 15 is 0 Å². The minimum Gasteiger partial charge on any atom is -0.382 e. The van der Waals surface area contributed by atoms with E-state index in [0.717, 1.165) is 32.4 Å². The average Bonchev–Trinajstić information content (AvgIpc) is 3.20. The summed E-state index contributed by atoms with van der Waals surface area (Å²) in [4.78, 5) is 0. The zero-order chi connectivity index (χ0) is 15.1. The molecule has 1 N–H and O–H groups in total. The van der Waals surface area contributed by atoms with Crippen LogP contribution in [0.3, 0.4) is 0 Å². The van der Waals surface area contributed by atoms with Gasteiger partial charge in [0.2, 0.25) is 0 Å². The predicted octanol–water partition coefficient (Wildman–Crippen LogP) is 1.23. The summed E-state index contributed by atoms with van der Waals surface area (Å²) >= 11 is 0. The molecule has 0 amide bonds. The molecule has 6 heteroatoms. The van der Waals surface area contributed by atoms with Crippen LogP contribution in [0.15, 0.2) is 0 Å². The lowest BCUT2D eigenvalue weighted by molar-refractivity contribution is 0.0662. The maximum atomic E-state index is 11.7. The Kier molecular flexibility index (Phi) is 6.92. The van der Waals surface area contributed by atoms with Gasteiger partial charge in [0.1, 0.15) is 0 Å². The van der Waals surface area contributed by atoms with Crippen molar-refractivity contribution in [3.63, 3.8) is 0 Å². The highest BCUT2D eigenvalue weighted by Crippen LogP contribution is 2.30. The number of rotatable bonds is 11. The Bertz CT molecular complexity index is 394. The Morgan fingerprint density at radius 2 is 2.00 bits per heavy atom.